The van der Waals surface area contributed by atoms with Crippen LogP contribution >= 0.6 is 11.3 Å². The van der Waals surface area contributed by atoms with Crippen LogP contribution in [0.2, 0.25) is 0 Å². The zero-order valence-electron chi connectivity index (χ0n) is 19.8. The molecule has 0 bridgehead atoms. The first-order valence-corrected chi connectivity index (χ1v) is 11.9. The maximum atomic E-state index is 12.8. The average Bonchev–Trinajstić information content (AvgIpc) is 3.40. The number of thiophene rings is 1. The molecule has 0 spiro atoms. The summed E-state index contributed by atoms with van der Waals surface area (Å²) >= 11 is 1.57. The Labute approximate surface area is 204 Å². The van der Waals surface area contributed by atoms with Crippen molar-refractivity contribution in [3.05, 3.63) is 75.5 Å². The molecule has 0 aliphatic heterocycles. The number of carbonyl (C=O) groups is 2. The number of ether oxygens (including phenoxy) is 3. The summed E-state index contributed by atoms with van der Waals surface area (Å²) in [5, 5.41) is 7.69. The first-order valence-electron chi connectivity index (χ1n) is 11.0. The van der Waals surface area contributed by atoms with Crippen LogP contribution < -0.4 is 24.8 Å². The minimum atomic E-state index is -0.425. The van der Waals surface area contributed by atoms with Crippen molar-refractivity contribution in [3.8, 4) is 17.2 Å². The standard InChI is InChI=1S/C26H30N2O5S/c1-5-7-17-9-11-18(12-10-17)24(22-8-6-13-34-22)28-23(29)16-27-26(30)19-14-20(31-2)25(33-4)21(15-19)32-3/h6,8-15,24H,5,7,16H2,1-4H3,(H,27,30)(H,28,29). The lowest BCUT2D eigenvalue weighted by atomic mass is 10.0. The highest BCUT2D eigenvalue weighted by Gasteiger charge is 2.20. The molecule has 34 heavy (non-hydrogen) atoms. The van der Waals surface area contributed by atoms with Gasteiger partial charge in [-0.05, 0) is 41.1 Å². The SMILES string of the molecule is CCCc1ccc(C(NC(=O)CNC(=O)c2cc(OC)c(OC)c(OC)c2)c2cccs2)cc1. The number of amides is 2. The van der Waals surface area contributed by atoms with E-state index in [4.69, 9.17) is 14.2 Å². The van der Waals surface area contributed by atoms with Gasteiger partial charge in [0.05, 0.1) is 33.9 Å². The number of carbonyl (C=O) groups excluding carboxylic acids is 2. The van der Waals surface area contributed by atoms with Crippen LogP contribution in [0.4, 0.5) is 0 Å². The van der Waals surface area contributed by atoms with Gasteiger partial charge in [-0.3, -0.25) is 9.59 Å². The highest BCUT2D eigenvalue weighted by Crippen LogP contribution is 2.38. The van der Waals surface area contributed by atoms with E-state index in [1.165, 1.54) is 26.9 Å². The molecule has 0 aliphatic carbocycles. The van der Waals surface area contributed by atoms with E-state index in [1.54, 1.807) is 23.5 Å². The Bertz CT molecular complexity index is 1070. The lowest BCUT2D eigenvalue weighted by Crippen LogP contribution is -2.38. The molecule has 2 N–H and O–H groups in total. The fourth-order valence-corrected chi connectivity index (χ4v) is 4.43. The summed E-state index contributed by atoms with van der Waals surface area (Å²) in [6.07, 6.45) is 2.10. The molecule has 1 heterocycles. The smallest absolute Gasteiger partial charge is 0.251 e. The summed E-state index contributed by atoms with van der Waals surface area (Å²) in [5.74, 6) is 0.396. The zero-order valence-corrected chi connectivity index (χ0v) is 20.7. The number of aryl methyl sites for hydroxylation is 1. The van der Waals surface area contributed by atoms with Gasteiger partial charge in [-0.15, -0.1) is 11.3 Å². The van der Waals surface area contributed by atoms with Gasteiger partial charge in [-0.25, -0.2) is 0 Å². The summed E-state index contributed by atoms with van der Waals surface area (Å²) < 4.78 is 15.9. The molecule has 0 aliphatic rings. The van der Waals surface area contributed by atoms with Crippen molar-refractivity contribution in [1.29, 1.82) is 0 Å². The van der Waals surface area contributed by atoms with E-state index in [-0.39, 0.29) is 18.5 Å². The largest absolute Gasteiger partial charge is 0.493 e. The van der Waals surface area contributed by atoms with Gasteiger partial charge < -0.3 is 24.8 Å². The molecule has 0 saturated heterocycles. The van der Waals surface area contributed by atoms with E-state index in [1.807, 2.05) is 29.6 Å². The second-order valence-electron chi connectivity index (χ2n) is 7.60. The Morgan fingerprint density at radius 2 is 1.65 bits per heavy atom. The van der Waals surface area contributed by atoms with Crippen molar-refractivity contribution in [2.75, 3.05) is 27.9 Å². The van der Waals surface area contributed by atoms with Gasteiger partial charge in [0.1, 0.15) is 0 Å². The molecular weight excluding hydrogens is 452 g/mol. The maximum Gasteiger partial charge on any atom is 0.251 e. The molecule has 3 aromatic rings. The van der Waals surface area contributed by atoms with Gasteiger partial charge in [0, 0.05) is 10.4 Å². The van der Waals surface area contributed by atoms with Crippen LogP contribution in [0.25, 0.3) is 0 Å². The summed E-state index contributed by atoms with van der Waals surface area (Å²) in [6.45, 7) is 1.97. The van der Waals surface area contributed by atoms with Crippen LogP contribution in [-0.2, 0) is 11.2 Å². The Morgan fingerprint density at radius 1 is 0.971 bits per heavy atom. The van der Waals surface area contributed by atoms with Crippen molar-refractivity contribution < 1.29 is 23.8 Å². The minimum absolute atomic E-state index is 0.175. The van der Waals surface area contributed by atoms with Crippen molar-refractivity contribution in [3.63, 3.8) is 0 Å². The Morgan fingerprint density at radius 3 is 2.18 bits per heavy atom. The number of methoxy groups -OCH3 is 3. The lowest BCUT2D eigenvalue weighted by Gasteiger charge is -2.19. The molecular formula is C26H30N2O5S. The molecule has 8 heteroatoms. The fourth-order valence-electron chi connectivity index (χ4n) is 3.63. The van der Waals surface area contributed by atoms with E-state index < -0.39 is 5.91 Å². The highest BCUT2D eigenvalue weighted by atomic mass is 32.1. The van der Waals surface area contributed by atoms with E-state index in [2.05, 4.69) is 29.7 Å². The molecule has 0 saturated carbocycles. The topological polar surface area (TPSA) is 85.9 Å². The van der Waals surface area contributed by atoms with E-state index in [0.29, 0.717) is 22.8 Å². The third-order valence-electron chi connectivity index (χ3n) is 5.32. The van der Waals surface area contributed by atoms with Crippen LogP contribution in [0.5, 0.6) is 17.2 Å². The third-order valence-corrected chi connectivity index (χ3v) is 6.26. The monoisotopic (exact) mass is 482 g/mol. The summed E-state index contributed by atoms with van der Waals surface area (Å²) in [4.78, 5) is 26.5. The Kier molecular flexibility index (Phi) is 8.93. The number of rotatable bonds is 11. The molecule has 3 rings (SSSR count). The fraction of sp³-hybridized carbons (Fsp3) is 0.308. The van der Waals surface area contributed by atoms with E-state index in [9.17, 15) is 9.59 Å². The van der Waals surface area contributed by atoms with Gasteiger partial charge in [-0.2, -0.15) is 0 Å². The van der Waals surface area contributed by atoms with Crippen molar-refractivity contribution in [2.24, 2.45) is 0 Å². The van der Waals surface area contributed by atoms with E-state index in [0.717, 1.165) is 23.3 Å². The van der Waals surface area contributed by atoms with Gasteiger partial charge in [0.2, 0.25) is 11.7 Å². The first-order chi connectivity index (χ1) is 16.5. The van der Waals surface area contributed by atoms with Crippen LogP contribution in [0.15, 0.2) is 53.9 Å². The highest BCUT2D eigenvalue weighted by molar-refractivity contribution is 7.10. The lowest BCUT2D eigenvalue weighted by molar-refractivity contribution is -0.120. The van der Waals surface area contributed by atoms with Crippen molar-refractivity contribution in [2.45, 2.75) is 25.8 Å². The van der Waals surface area contributed by atoms with Crippen LogP contribution in [0.1, 0.15) is 45.7 Å². The van der Waals surface area contributed by atoms with Crippen molar-refractivity contribution >= 4 is 23.2 Å². The van der Waals surface area contributed by atoms with Crippen LogP contribution in [0, 0.1) is 0 Å². The molecule has 2 amide bonds. The second kappa shape index (κ2) is 12.1. The van der Waals surface area contributed by atoms with Gasteiger partial charge in [0.15, 0.2) is 11.5 Å². The predicted molar refractivity (Wildman–Crippen MR) is 133 cm³/mol. The van der Waals surface area contributed by atoms with Gasteiger partial charge in [0.25, 0.3) is 5.91 Å². The molecule has 1 unspecified atom stereocenters. The Balaban J connectivity index is 1.70. The van der Waals surface area contributed by atoms with E-state index >= 15 is 0 Å². The zero-order chi connectivity index (χ0) is 24.5. The Hall–Kier alpha value is -3.52. The molecule has 2 aromatic carbocycles. The summed E-state index contributed by atoms with van der Waals surface area (Å²) in [6, 6.07) is 15.0. The molecule has 0 radical (unpaired) electrons. The minimum Gasteiger partial charge on any atom is -0.493 e. The van der Waals surface area contributed by atoms with Gasteiger partial charge in [-0.1, -0.05) is 43.7 Å². The first kappa shape index (κ1) is 25.1. The summed E-state index contributed by atoms with van der Waals surface area (Å²) in [7, 11) is 4.45. The third kappa shape index (κ3) is 6.08. The molecule has 1 aromatic heterocycles. The maximum absolute atomic E-state index is 12.8. The number of nitrogens with one attached hydrogen (secondary N) is 2. The van der Waals surface area contributed by atoms with Crippen molar-refractivity contribution in [1.82, 2.24) is 10.6 Å². The molecule has 7 nitrogen and oxygen atoms in total. The number of benzene rings is 2. The van der Waals surface area contributed by atoms with Crippen LogP contribution in [0.3, 0.4) is 0 Å². The quantitative estimate of drug-likeness (QED) is 0.424. The van der Waals surface area contributed by atoms with Crippen LogP contribution in [-0.4, -0.2) is 39.7 Å². The second-order valence-corrected chi connectivity index (χ2v) is 8.58. The molecule has 0 fully saturated rings. The number of hydrogen-bond donors (Lipinski definition) is 2. The van der Waals surface area contributed by atoms with Gasteiger partial charge >= 0.3 is 0 Å². The average molecular weight is 483 g/mol. The normalized spacial score (nSPS) is 11.4. The number of hydrogen-bond acceptors (Lipinski definition) is 6. The molecule has 180 valence electrons. The molecule has 1 atom stereocenters. The summed E-state index contributed by atoms with van der Waals surface area (Å²) in [5.41, 5.74) is 2.55. The predicted octanol–water partition coefficient (Wildman–Crippen LogP) is 4.36.